The standard InChI is InChI=1S/C10H12FNO4/c1-10(5-11,9(15)16)12-6-2-3-7(13)8(14)4-6/h2-4,12-14H,5H2,1H3,(H,15,16). The molecule has 0 saturated carbocycles. The molecule has 1 rings (SSSR count). The molecule has 5 nitrogen and oxygen atoms in total. The molecule has 0 saturated heterocycles. The molecule has 0 fully saturated rings. The first-order valence-electron chi connectivity index (χ1n) is 4.48. The Morgan fingerprint density at radius 2 is 2.06 bits per heavy atom. The molecule has 16 heavy (non-hydrogen) atoms. The van der Waals surface area contributed by atoms with Gasteiger partial charge < -0.3 is 20.6 Å². The maximum atomic E-state index is 12.6. The number of anilines is 1. The van der Waals surface area contributed by atoms with E-state index in [1.54, 1.807) is 0 Å². The van der Waals surface area contributed by atoms with Gasteiger partial charge in [-0.05, 0) is 19.1 Å². The van der Waals surface area contributed by atoms with Crippen molar-refractivity contribution < 1.29 is 24.5 Å². The number of aromatic hydroxyl groups is 2. The Hall–Kier alpha value is -1.98. The van der Waals surface area contributed by atoms with E-state index >= 15 is 0 Å². The van der Waals surface area contributed by atoms with Crippen molar-refractivity contribution in [2.24, 2.45) is 0 Å². The van der Waals surface area contributed by atoms with Crippen LogP contribution >= 0.6 is 0 Å². The Kier molecular flexibility index (Phi) is 3.22. The van der Waals surface area contributed by atoms with E-state index < -0.39 is 23.9 Å². The predicted octanol–water partition coefficient (Wildman–Crippen LogP) is 1.32. The molecule has 0 aliphatic rings. The molecule has 0 spiro atoms. The number of nitrogens with one attached hydrogen (secondary N) is 1. The Balaban J connectivity index is 2.95. The number of halogens is 1. The Morgan fingerprint density at radius 3 is 2.50 bits per heavy atom. The summed E-state index contributed by atoms with van der Waals surface area (Å²) in [4.78, 5) is 10.8. The van der Waals surface area contributed by atoms with Crippen molar-refractivity contribution in [1.82, 2.24) is 0 Å². The van der Waals surface area contributed by atoms with Gasteiger partial charge in [0.15, 0.2) is 17.0 Å². The van der Waals surface area contributed by atoms with Crippen LogP contribution in [0.25, 0.3) is 0 Å². The van der Waals surface area contributed by atoms with Crippen LogP contribution in [0.15, 0.2) is 18.2 Å². The molecule has 6 heteroatoms. The molecule has 0 aliphatic heterocycles. The summed E-state index contributed by atoms with van der Waals surface area (Å²) >= 11 is 0. The lowest BCUT2D eigenvalue weighted by molar-refractivity contribution is -0.142. The minimum Gasteiger partial charge on any atom is -0.504 e. The van der Waals surface area contributed by atoms with E-state index in [2.05, 4.69) is 5.32 Å². The van der Waals surface area contributed by atoms with Gasteiger partial charge in [-0.25, -0.2) is 9.18 Å². The topological polar surface area (TPSA) is 89.8 Å². The zero-order valence-corrected chi connectivity index (χ0v) is 8.57. The fourth-order valence-electron chi connectivity index (χ4n) is 1.06. The molecule has 1 unspecified atom stereocenters. The zero-order valence-electron chi connectivity index (χ0n) is 8.57. The highest BCUT2D eigenvalue weighted by Gasteiger charge is 2.33. The van der Waals surface area contributed by atoms with Crippen molar-refractivity contribution in [3.63, 3.8) is 0 Å². The average Bonchev–Trinajstić information content (AvgIpc) is 2.23. The van der Waals surface area contributed by atoms with E-state index in [0.29, 0.717) is 0 Å². The molecule has 4 N–H and O–H groups in total. The van der Waals surface area contributed by atoms with Gasteiger partial charge in [0, 0.05) is 11.8 Å². The molecular weight excluding hydrogens is 217 g/mol. The van der Waals surface area contributed by atoms with Crippen LogP contribution in [0.4, 0.5) is 10.1 Å². The number of carboxylic acids is 1. The lowest BCUT2D eigenvalue weighted by Gasteiger charge is -2.24. The van der Waals surface area contributed by atoms with E-state index in [9.17, 15) is 14.3 Å². The van der Waals surface area contributed by atoms with E-state index in [4.69, 9.17) is 10.2 Å². The fourth-order valence-corrected chi connectivity index (χ4v) is 1.06. The van der Waals surface area contributed by atoms with E-state index in [1.807, 2.05) is 0 Å². The number of rotatable bonds is 4. The van der Waals surface area contributed by atoms with Gasteiger partial charge >= 0.3 is 5.97 Å². The lowest BCUT2D eigenvalue weighted by atomic mass is 10.0. The van der Waals surface area contributed by atoms with Crippen molar-refractivity contribution in [3.05, 3.63) is 18.2 Å². The van der Waals surface area contributed by atoms with Crippen LogP contribution in [0.3, 0.4) is 0 Å². The summed E-state index contributed by atoms with van der Waals surface area (Å²) in [5.74, 6) is -2.08. The third kappa shape index (κ3) is 2.33. The molecule has 1 aromatic carbocycles. The normalized spacial score (nSPS) is 14.1. The Bertz CT molecular complexity index is 410. The van der Waals surface area contributed by atoms with Crippen molar-refractivity contribution in [2.45, 2.75) is 12.5 Å². The summed E-state index contributed by atoms with van der Waals surface area (Å²) < 4.78 is 12.6. The smallest absolute Gasteiger partial charge is 0.331 e. The number of phenols is 2. The average molecular weight is 229 g/mol. The van der Waals surface area contributed by atoms with E-state index in [-0.39, 0.29) is 11.4 Å². The van der Waals surface area contributed by atoms with Crippen molar-refractivity contribution in [3.8, 4) is 11.5 Å². The third-order valence-electron chi connectivity index (χ3n) is 2.13. The molecule has 1 aromatic rings. The number of alkyl halides is 1. The quantitative estimate of drug-likeness (QED) is 0.462. The lowest BCUT2D eigenvalue weighted by Crippen LogP contribution is -2.45. The largest absolute Gasteiger partial charge is 0.504 e. The Labute approximate surface area is 91.2 Å². The van der Waals surface area contributed by atoms with Crippen molar-refractivity contribution in [2.75, 3.05) is 12.0 Å². The molecule has 0 radical (unpaired) electrons. The molecule has 0 heterocycles. The molecule has 88 valence electrons. The van der Waals surface area contributed by atoms with Gasteiger partial charge in [0.05, 0.1) is 0 Å². The monoisotopic (exact) mass is 229 g/mol. The maximum Gasteiger partial charge on any atom is 0.331 e. The minimum absolute atomic E-state index is 0.206. The number of phenolic OH excluding ortho intramolecular Hbond substituents is 2. The molecular formula is C10H12FNO4. The van der Waals surface area contributed by atoms with Crippen LogP contribution in [0.2, 0.25) is 0 Å². The summed E-state index contributed by atoms with van der Waals surface area (Å²) in [7, 11) is 0. The van der Waals surface area contributed by atoms with Crippen LogP contribution in [0, 0.1) is 0 Å². The first kappa shape index (κ1) is 12.1. The second-order valence-corrected chi connectivity index (χ2v) is 3.60. The van der Waals surface area contributed by atoms with Gasteiger partial charge in [-0.1, -0.05) is 0 Å². The minimum atomic E-state index is -1.76. The summed E-state index contributed by atoms with van der Waals surface area (Å²) in [6, 6.07) is 3.64. The molecule has 1 atom stereocenters. The molecule has 0 aliphatic carbocycles. The molecule has 0 aromatic heterocycles. The van der Waals surface area contributed by atoms with Crippen LogP contribution < -0.4 is 5.32 Å². The fraction of sp³-hybridized carbons (Fsp3) is 0.300. The van der Waals surface area contributed by atoms with Gasteiger partial charge in [-0.2, -0.15) is 0 Å². The summed E-state index contributed by atoms with van der Waals surface area (Å²) in [6.45, 7) is 0.0726. The first-order valence-corrected chi connectivity index (χ1v) is 4.48. The highest BCUT2D eigenvalue weighted by atomic mass is 19.1. The van der Waals surface area contributed by atoms with Crippen molar-refractivity contribution >= 4 is 11.7 Å². The predicted molar refractivity (Wildman–Crippen MR) is 55.4 cm³/mol. The second-order valence-electron chi connectivity index (χ2n) is 3.60. The van der Waals surface area contributed by atoms with Crippen LogP contribution in [0.5, 0.6) is 11.5 Å². The van der Waals surface area contributed by atoms with Gasteiger partial charge in [-0.3, -0.25) is 0 Å². The maximum absolute atomic E-state index is 12.6. The van der Waals surface area contributed by atoms with E-state index in [1.165, 1.54) is 19.1 Å². The van der Waals surface area contributed by atoms with Gasteiger partial charge in [0.1, 0.15) is 6.67 Å². The van der Waals surface area contributed by atoms with Gasteiger partial charge in [-0.15, -0.1) is 0 Å². The summed E-state index contributed by atoms with van der Waals surface area (Å²) in [5, 5.41) is 29.4. The number of carbonyl (C=O) groups is 1. The van der Waals surface area contributed by atoms with E-state index in [0.717, 1.165) is 6.07 Å². The summed E-state index contributed by atoms with van der Waals surface area (Å²) in [5.41, 5.74) is -1.55. The first-order chi connectivity index (χ1) is 7.39. The van der Waals surface area contributed by atoms with Crippen LogP contribution in [-0.4, -0.2) is 33.5 Å². The van der Waals surface area contributed by atoms with Gasteiger partial charge in [0.2, 0.25) is 0 Å². The zero-order chi connectivity index (χ0) is 12.3. The SMILES string of the molecule is CC(CF)(Nc1ccc(O)c(O)c1)C(=O)O. The highest BCUT2D eigenvalue weighted by Crippen LogP contribution is 2.28. The van der Waals surface area contributed by atoms with Crippen molar-refractivity contribution in [1.29, 1.82) is 0 Å². The molecule has 0 bridgehead atoms. The number of hydrogen-bond acceptors (Lipinski definition) is 4. The van der Waals surface area contributed by atoms with Crippen LogP contribution in [0.1, 0.15) is 6.92 Å². The van der Waals surface area contributed by atoms with Gasteiger partial charge in [0.25, 0.3) is 0 Å². The number of aliphatic carboxylic acids is 1. The highest BCUT2D eigenvalue weighted by molar-refractivity contribution is 5.82. The number of carboxylic acid groups (broad SMARTS) is 1. The Morgan fingerprint density at radius 1 is 1.44 bits per heavy atom. The summed E-state index contributed by atoms with van der Waals surface area (Å²) in [6.07, 6.45) is 0. The van der Waals surface area contributed by atoms with Crippen LogP contribution in [-0.2, 0) is 4.79 Å². The third-order valence-corrected chi connectivity index (χ3v) is 2.13. The number of benzene rings is 1. The molecule has 0 amide bonds. The second kappa shape index (κ2) is 4.26. The number of hydrogen-bond donors (Lipinski definition) is 4.